The Morgan fingerprint density at radius 2 is 2.09 bits per heavy atom. The van der Waals surface area contributed by atoms with E-state index in [0.29, 0.717) is 12.0 Å². The van der Waals surface area contributed by atoms with E-state index >= 15 is 0 Å². The number of oxime groups is 1. The van der Waals surface area contributed by atoms with E-state index in [9.17, 15) is 24.4 Å². The van der Waals surface area contributed by atoms with Crippen LogP contribution in [0.2, 0.25) is 0 Å². The molecule has 0 bridgehead atoms. The lowest BCUT2D eigenvalue weighted by Crippen LogP contribution is -2.71. The third kappa shape index (κ3) is 7.93. The zero-order valence-electron chi connectivity index (χ0n) is 24.0. The van der Waals surface area contributed by atoms with Crippen LogP contribution in [0.25, 0.3) is 6.08 Å². The minimum absolute atomic E-state index is 0.0490. The molecule has 44 heavy (non-hydrogen) atoms. The highest BCUT2D eigenvalue weighted by Gasteiger charge is 2.54. The number of ether oxygens (including phenoxy) is 3. The lowest BCUT2D eigenvalue weighted by atomic mass is 10.0. The minimum Gasteiger partial charge on any atom is -0.434 e. The molecule has 3 atom stereocenters. The summed E-state index contributed by atoms with van der Waals surface area (Å²) in [6.45, 7) is 3.61. The summed E-state index contributed by atoms with van der Waals surface area (Å²) in [5.74, 6) is -2.06. The van der Waals surface area contributed by atoms with Crippen molar-refractivity contribution in [1.29, 1.82) is 0 Å². The van der Waals surface area contributed by atoms with Gasteiger partial charge in [0.25, 0.3) is 11.8 Å². The average molecular weight is 645 g/mol. The number of hydrogen-bond donors (Lipinski definition) is 3. The number of nitrogens with zero attached hydrogens (tertiary/aromatic N) is 4. The number of fused-ring (bicyclic) bond motifs is 1. The monoisotopic (exact) mass is 644 g/mol. The number of rotatable bonds is 13. The van der Waals surface area contributed by atoms with Gasteiger partial charge in [-0.3, -0.25) is 19.5 Å². The molecule has 2 aliphatic heterocycles. The van der Waals surface area contributed by atoms with Crippen molar-refractivity contribution in [1.82, 2.24) is 20.2 Å². The number of hydrogen-bond acceptors (Lipinski definition) is 14. The smallest absolute Gasteiger partial charge is 0.434 e. The van der Waals surface area contributed by atoms with Crippen LogP contribution in [0.4, 0.5) is 9.93 Å². The standard InChI is InChI=1S/C28H32N6O8S2/c1-3-4-5-6-12-40-28(38)42-16(2)41-26(37)22-18(10-9-17-8-7-11-30-13-17)14-43-25-21(24(36)34(22)25)32-23(35)20(33-39)19-15-44-27(29)31-19/h7-11,13,15-16,21,25,39H,3-6,12,14H2,1-2H3,(H2,29,31)(H,32,35)/b10-9-,33-20?/t16?,21-,25-/m1/s1. The van der Waals surface area contributed by atoms with Gasteiger partial charge >= 0.3 is 12.1 Å². The Balaban J connectivity index is 1.48. The van der Waals surface area contributed by atoms with E-state index in [1.165, 1.54) is 29.0 Å². The number of thiazole rings is 1. The van der Waals surface area contributed by atoms with E-state index in [2.05, 4.69) is 27.4 Å². The summed E-state index contributed by atoms with van der Waals surface area (Å²) in [5, 5.41) is 15.9. The second-order valence-corrected chi connectivity index (χ2v) is 11.6. The normalized spacial score (nSPS) is 18.8. The first-order chi connectivity index (χ1) is 21.2. The van der Waals surface area contributed by atoms with Gasteiger partial charge in [-0.2, -0.15) is 0 Å². The maximum absolute atomic E-state index is 13.4. The third-order valence-corrected chi connectivity index (χ3v) is 8.45. The second-order valence-electron chi connectivity index (χ2n) is 9.62. The van der Waals surface area contributed by atoms with Crippen LogP contribution in [0.15, 0.2) is 52.4 Å². The van der Waals surface area contributed by atoms with Crippen LogP contribution in [0.5, 0.6) is 0 Å². The molecule has 4 rings (SSSR count). The number of thioether (sulfide) groups is 1. The summed E-state index contributed by atoms with van der Waals surface area (Å²) in [6.07, 6.45) is 8.05. The molecule has 0 saturated carbocycles. The zero-order valence-corrected chi connectivity index (χ0v) is 25.6. The molecule has 2 aromatic heterocycles. The van der Waals surface area contributed by atoms with E-state index in [1.54, 1.807) is 30.6 Å². The Bertz CT molecular complexity index is 1460. The highest BCUT2D eigenvalue weighted by molar-refractivity contribution is 8.00. The van der Waals surface area contributed by atoms with Crippen LogP contribution in [-0.2, 0) is 28.6 Å². The zero-order chi connectivity index (χ0) is 31.6. The first-order valence-corrected chi connectivity index (χ1v) is 15.7. The van der Waals surface area contributed by atoms with Crippen LogP contribution in [0.3, 0.4) is 0 Å². The Kier molecular flexibility index (Phi) is 11.3. The largest absolute Gasteiger partial charge is 0.511 e. The molecular weight excluding hydrogens is 612 g/mol. The van der Waals surface area contributed by atoms with Crippen molar-refractivity contribution < 1.29 is 38.6 Å². The number of unbranched alkanes of at least 4 members (excludes halogenated alkanes) is 3. The lowest BCUT2D eigenvalue weighted by Gasteiger charge is -2.49. The number of carbonyl (C=O) groups excluding carboxylic acids is 4. The number of aromatic nitrogens is 2. The van der Waals surface area contributed by atoms with E-state index in [-0.39, 0.29) is 28.9 Å². The number of β-lactam (4-membered cyclic amide) rings is 1. The van der Waals surface area contributed by atoms with Gasteiger partial charge in [0.1, 0.15) is 22.8 Å². The first-order valence-electron chi connectivity index (χ1n) is 13.8. The molecule has 16 heteroatoms. The third-order valence-electron chi connectivity index (χ3n) is 6.47. The fraction of sp³-hybridized carbons (Fsp3) is 0.393. The van der Waals surface area contributed by atoms with Crippen molar-refractivity contribution >= 4 is 64.0 Å². The topological polar surface area (TPSA) is 196 Å². The summed E-state index contributed by atoms with van der Waals surface area (Å²) in [5.41, 5.74) is 6.43. The molecule has 1 fully saturated rings. The number of pyridine rings is 1. The van der Waals surface area contributed by atoms with Gasteiger partial charge in [-0.05, 0) is 23.6 Å². The number of nitrogens with one attached hydrogen (secondary N) is 1. The number of anilines is 1. The Morgan fingerprint density at radius 3 is 2.77 bits per heavy atom. The van der Waals surface area contributed by atoms with Gasteiger partial charge in [-0.15, -0.1) is 23.1 Å². The van der Waals surface area contributed by atoms with Crippen molar-refractivity contribution in [3.8, 4) is 0 Å². The van der Waals surface area contributed by atoms with Crippen molar-refractivity contribution in [2.24, 2.45) is 5.16 Å². The predicted molar refractivity (Wildman–Crippen MR) is 162 cm³/mol. The molecule has 2 aliphatic rings. The molecule has 1 unspecified atom stereocenters. The lowest BCUT2D eigenvalue weighted by molar-refractivity contribution is -0.169. The van der Waals surface area contributed by atoms with Gasteiger partial charge < -0.3 is 30.5 Å². The maximum atomic E-state index is 13.4. The van der Waals surface area contributed by atoms with Crippen molar-refractivity contribution in [3.63, 3.8) is 0 Å². The summed E-state index contributed by atoms with van der Waals surface area (Å²) in [4.78, 5) is 61.0. The van der Waals surface area contributed by atoms with Gasteiger partial charge in [0, 0.05) is 30.5 Å². The van der Waals surface area contributed by atoms with Crippen LogP contribution in [-0.4, -0.2) is 79.8 Å². The summed E-state index contributed by atoms with van der Waals surface area (Å²) < 4.78 is 15.5. The van der Waals surface area contributed by atoms with Crippen molar-refractivity contribution in [2.45, 2.75) is 57.2 Å². The Labute approximate surface area is 261 Å². The van der Waals surface area contributed by atoms with Crippen molar-refractivity contribution in [2.75, 3.05) is 18.1 Å². The molecule has 14 nitrogen and oxygen atoms in total. The number of esters is 1. The molecule has 0 radical (unpaired) electrons. The molecular formula is C28H32N6O8S2. The molecule has 4 N–H and O–H groups in total. The number of nitrogen functional groups attached to an aromatic ring is 1. The molecule has 0 spiro atoms. The number of nitrogens with two attached hydrogens (primary N) is 1. The molecule has 234 valence electrons. The predicted octanol–water partition coefficient (Wildman–Crippen LogP) is 3.29. The molecule has 0 aliphatic carbocycles. The molecule has 4 heterocycles. The Hall–Kier alpha value is -4.44. The number of amides is 2. The summed E-state index contributed by atoms with van der Waals surface area (Å²) >= 11 is 2.36. The van der Waals surface area contributed by atoms with E-state index in [0.717, 1.165) is 36.2 Å². The quantitative estimate of drug-likeness (QED) is 0.0548. The van der Waals surface area contributed by atoms with E-state index in [4.69, 9.17) is 19.9 Å². The fourth-order valence-electron chi connectivity index (χ4n) is 4.33. The first kappa shape index (κ1) is 32.5. The molecule has 2 aromatic rings. The van der Waals surface area contributed by atoms with Gasteiger partial charge in [-0.25, -0.2) is 14.6 Å². The van der Waals surface area contributed by atoms with Gasteiger partial charge in [0.2, 0.25) is 6.29 Å². The van der Waals surface area contributed by atoms with Crippen LogP contribution >= 0.6 is 23.1 Å². The molecule has 2 amide bonds. The van der Waals surface area contributed by atoms with Crippen LogP contribution in [0, 0.1) is 0 Å². The van der Waals surface area contributed by atoms with Crippen LogP contribution in [0.1, 0.15) is 50.8 Å². The number of carbonyl (C=O) groups is 4. The SMILES string of the molecule is CCCCCCOC(=O)OC(C)OC(=O)C1=C(/C=C\c2cccnc2)CS[C@@H]2[C@H](NC(=O)C(=NO)c3csc(N)n3)C(=O)N12. The van der Waals surface area contributed by atoms with Gasteiger partial charge in [0.15, 0.2) is 10.8 Å². The maximum Gasteiger partial charge on any atom is 0.511 e. The average Bonchev–Trinajstić information content (AvgIpc) is 3.44. The molecule has 1 saturated heterocycles. The highest BCUT2D eigenvalue weighted by Crippen LogP contribution is 2.41. The van der Waals surface area contributed by atoms with E-state index in [1.807, 2.05) is 6.07 Å². The van der Waals surface area contributed by atoms with Gasteiger partial charge in [-0.1, -0.05) is 49.6 Å². The highest BCUT2D eigenvalue weighted by atomic mass is 32.2. The minimum atomic E-state index is -1.31. The Morgan fingerprint density at radius 1 is 1.27 bits per heavy atom. The summed E-state index contributed by atoms with van der Waals surface area (Å²) in [7, 11) is 0. The fourth-order valence-corrected chi connectivity index (χ4v) is 6.20. The number of allylic oxidation sites excluding steroid dienone is 1. The van der Waals surface area contributed by atoms with E-state index < -0.39 is 47.4 Å². The second kappa shape index (κ2) is 15.3. The van der Waals surface area contributed by atoms with Gasteiger partial charge in [0.05, 0.1) is 6.61 Å². The summed E-state index contributed by atoms with van der Waals surface area (Å²) in [6, 6.07) is 2.54. The van der Waals surface area contributed by atoms with Crippen molar-refractivity contribution in [3.05, 3.63) is 58.5 Å². The molecule has 0 aromatic carbocycles. The van der Waals surface area contributed by atoms with Crippen LogP contribution < -0.4 is 11.1 Å².